The highest BCUT2D eigenvalue weighted by Crippen LogP contribution is 2.62. The molecule has 2 aliphatic rings. The second kappa shape index (κ2) is 13.6. The summed E-state index contributed by atoms with van der Waals surface area (Å²) in [6, 6.07) is 68.6. The van der Waals surface area contributed by atoms with Crippen molar-refractivity contribution in [3.05, 3.63) is 233 Å². The molecule has 8 aromatic carbocycles. The Balaban J connectivity index is 1.04. The summed E-state index contributed by atoms with van der Waals surface area (Å²) in [7, 11) is 0. The predicted octanol–water partition coefficient (Wildman–Crippen LogP) is 14.6. The number of fused-ring (bicyclic) bond motifs is 9. The first-order valence-electron chi connectivity index (χ1n) is 20.8. The quantitative estimate of drug-likeness (QED) is 0.174. The molecule has 0 N–H and O–H groups in total. The smallest absolute Gasteiger partial charge is 0.180 e. The maximum atomic E-state index is 6.61. The Morgan fingerprint density at radius 2 is 1.05 bits per heavy atom. The van der Waals surface area contributed by atoms with Gasteiger partial charge in [-0.1, -0.05) is 158 Å². The number of ether oxygens (including phenoxy) is 1. The summed E-state index contributed by atoms with van der Waals surface area (Å²) in [6.07, 6.45) is 0. The van der Waals surface area contributed by atoms with Crippen LogP contribution in [0, 0.1) is 6.92 Å². The third-order valence-corrected chi connectivity index (χ3v) is 12.8. The molecule has 12 rings (SSSR count). The van der Waals surface area contributed by atoms with E-state index in [4.69, 9.17) is 19.1 Å². The maximum absolute atomic E-state index is 6.61. The van der Waals surface area contributed by atoms with Gasteiger partial charge in [-0.25, -0.2) is 9.97 Å². The van der Waals surface area contributed by atoms with Crippen molar-refractivity contribution in [2.24, 2.45) is 0 Å². The molecule has 1 spiro atoms. The number of hydrogen-bond acceptors (Lipinski definition) is 4. The molecule has 10 aromatic rings. The fraction of sp³-hybridized carbons (Fsp3) is 0.0526. The Morgan fingerprint density at radius 1 is 0.443 bits per heavy atom. The second-order valence-corrected chi connectivity index (χ2v) is 16.1. The summed E-state index contributed by atoms with van der Waals surface area (Å²) in [4.78, 5) is 10.4. The van der Waals surface area contributed by atoms with Crippen LogP contribution in [0.4, 0.5) is 0 Å². The van der Waals surface area contributed by atoms with Crippen LogP contribution in [0.3, 0.4) is 0 Å². The lowest BCUT2D eigenvalue weighted by Crippen LogP contribution is -2.32. The van der Waals surface area contributed by atoms with E-state index >= 15 is 0 Å². The van der Waals surface area contributed by atoms with E-state index in [1.807, 2.05) is 24.3 Å². The molecule has 4 nitrogen and oxygen atoms in total. The molecule has 0 saturated carbocycles. The zero-order valence-corrected chi connectivity index (χ0v) is 33.7. The summed E-state index contributed by atoms with van der Waals surface area (Å²) in [6.45, 7) is 4.54. The van der Waals surface area contributed by atoms with E-state index in [2.05, 4.69) is 184 Å². The zero-order chi connectivity index (χ0) is 40.7. The van der Waals surface area contributed by atoms with Crippen LogP contribution >= 0.6 is 0 Å². The van der Waals surface area contributed by atoms with Gasteiger partial charge in [0.1, 0.15) is 28.3 Å². The first-order valence-corrected chi connectivity index (χ1v) is 20.8. The van der Waals surface area contributed by atoms with E-state index < -0.39 is 5.41 Å². The van der Waals surface area contributed by atoms with Gasteiger partial charge in [0.25, 0.3) is 0 Å². The number of furan rings is 1. The van der Waals surface area contributed by atoms with E-state index in [-0.39, 0.29) is 0 Å². The largest absolute Gasteiger partial charge is 0.457 e. The molecule has 1 aliphatic carbocycles. The molecular weight excluding hydrogens is 745 g/mol. The van der Waals surface area contributed by atoms with Gasteiger partial charge >= 0.3 is 0 Å². The summed E-state index contributed by atoms with van der Waals surface area (Å²) in [5, 5.41) is 0.967. The molecular formula is C57H38N2O2. The van der Waals surface area contributed by atoms with Gasteiger partial charge in [-0.3, -0.25) is 0 Å². The van der Waals surface area contributed by atoms with E-state index in [0.29, 0.717) is 11.4 Å². The summed E-state index contributed by atoms with van der Waals surface area (Å²) >= 11 is 0. The van der Waals surface area contributed by atoms with Gasteiger partial charge in [0, 0.05) is 27.6 Å². The SMILES string of the molecule is CC1=C(c2ccccc2C)c2cc(-c3cccc(-c4nc(-c5ccc(-c6ccccc6)cc5)nc5c4oc4ccccc45)c3)ccc2C12c1ccccc1Oc1ccccc12. The van der Waals surface area contributed by atoms with Crippen LogP contribution in [-0.2, 0) is 5.41 Å². The van der Waals surface area contributed by atoms with Crippen molar-refractivity contribution in [3.8, 4) is 56.4 Å². The van der Waals surface area contributed by atoms with Crippen LogP contribution in [0.1, 0.15) is 40.3 Å². The standard InChI is InChI=1S/C57H38N2O2/c1-35-15-6-7-20-43(35)52-36(2)57(47-22-9-12-25-50(47)60-51-26-13-10-23-48(51)57)46-32-31-41(34-45(46)52)40-18-14-19-42(33-40)53-55-54(44-21-8-11-24-49(44)61-55)59-56(58-53)39-29-27-38(28-30-39)37-16-4-3-5-17-37/h3-34H,1-2H3. The molecule has 0 radical (unpaired) electrons. The van der Waals surface area contributed by atoms with Gasteiger partial charge in [-0.05, 0) is 106 Å². The number of allylic oxidation sites excluding steroid dienone is 1. The van der Waals surface area contributed by atoms with E-state index in [1.165, 1.54) is 39.0 Å². The fourth-order valence-electron chi connectivity index (χ4n) is 9.94. The predicted molar refractivity (Wildman–Crippen MR) is 247 cm³/mol. The van der Waals surface area contributed by atoms with Crippen LogP contribution in [0.5, 0.6) is 11.5 Å². The van der Waals surface area contributed by atoms with Crippen molar-refractivity contribution >= 4 is 27.6 Å². The molecule has 0 saturated heterocycles. The average Bonchev–Trinajstić information content (AvgIpc) is 3.81. The van der Waals surface area contributed by atoms with Crippen molar-refractivity contribution in [1.29, 1.82) is 0 Å². The highest BCUT2D eigenvalue weighted by molar-refractivity contribution is 6.07. The van der Waals surface area contributed by atoms with Crippen LogP contribution in [0.25, 0.3) is 72.5 Å². The fourth-order valence-corrected chi connectivity index (χ4v) is 9.94. The van der Waals surface area contributed by atoms with Crippen molar-refractivity contribution < 1.29 is 9.15 Å². The Kier molecular flexibility index (Phi) is 7.85. The molecule has 1 aliphatic heterocycles. The minimum atomic E-state index is -0.525. The third-order valence-electron chi connectivity index (χ3n) is 12.8. The monoisotopic (exact) mass is 782 g/mol. The van der Waals surface area contributed by atoms with Crippen LogP contribution in [-0.4, -0.2) is 9.97 Å². The molecule has 0 bridgehead atoms. The summed E-state index contributed by atoms with van der Waals surface area (Å²) in [5.41, 5.74) is 18.8. The molecule has 0 fully saturated rings. The number of hydrogen-bond donors (Lipinski definition) is 0. The first-order chi connectivity index (χ1) is 30.1. The lowest BCUT2D eigenvalue weighted by Gasteiger charge is -2.40. The van der Waals surface area contributed by atoms with Crippen LogP contribution < -0.4 is 4.74 Å². The molecule has 0 unspecified atom stereocenters. The maximum Gasteiger partial charge on any atom is 0.180 e. The highest BCUT2D eigenvalue weighted by Gasteiger charge is 2.51. The van der Waals surface area contributed by atoms with Crippen molar-refractivity contribution in [2.45, 2.75) is 19.3 Å². The number of nitrogens with zero attached hydrogens (tertiary/aromatic N) is 2. The Hall–Kier alpha value is -7.82. The van der Waals surface area contributed by atoms with E-state index in [9.17, 15) is 0 Å². The molecule has 61 heavy (non-hydrogen) atoms. The van der Waals surface area contributed by atoms with Crippen LogP contribution in [0.2, 0.25) is 0 Å². The van der Waals surface area contributed by atoms with Gasteiger partial charge in [0.2, 0.25) is 0 Å². The molecule has 3 heterocycles. The first kappa shape index (κ1) is 35.2. The van der Waals surface area contributed by atoms with Gasteiger partial charge in [0.15, 0.2) is 11.4 Å². The minimum Gasteiger partial charge on any atom is -0.457 e. The number of para-hydroxylation sites is 3. The number of aryl methyl sites for hydroxylation is 1. The van der Waals surface area contributed by atoms with E-state index in [0.717, 1.165) is 72.6 Å². The van der Waals surface area contributed by atoms with Gasteiger partial charge in [-0.15, -0.1) is 0 Å². The lowest BCUT2D eigenvalue weighted by atomic mass is 9.65. The van der Waals surface area contributed by atoms with E-state index in [1.54, 1.807) is 0 Å². The zero-order valence-electron chi connectivity index (χ0n) is 33.7. The van der Waals surface area contributed by atoms with Crippen molar-refractivity contribution in [2.75, 3.05) is 0 Å². The summed E-state index contributed by atoms with van der Waals surface area (Å²) in [5.74, 6) is 2.44. The topological polar surface area (TPSA) is 48.2 Å². The summed E-state index contributed by atoms with van der Waals surface area (Å²) < 4.78 is 13.2. The Morgan fingerprint density at radius 3 is 1.84 bits per heavy atom. The Labute approximate surface area is 354 Å². The molecule has 2 aromatic heterocycles. The average molecular weight is 783 g/mol. The van der Waals surface area contributed by atoms with Gasteiger partial charge in [-0.2, -0.15) is 0 Å². The number of benzene rings is 8. The minimum absolute atomic E-state index is 0.525. The molecule has 0 atom stereocenters. The lowest BCUT2D eigenvalue weighted by molar-refractivity contribution is 0.434. The second-order valence-electron chi connectivity index (χ2n) is 16.1. The molecule has 4 heteroatoms. The van der Waals surface area contributed by atoms with Crippen molar-refractivity contribution in [1.82, 2.24) is 9.97 Å². The van der Waals surface area contributed by atoms with Crippen molar-refractivity contribution in [3.63, 3.8) is 0 Å². The van der Waals surface area contributed by atoms with Crippen LogP contribution in [0.15, 0.2) is 204 Å². The van der Waals surface area contributed by atoms with Gasteiger partial charge in [0.05, 0.1) is 5.41 Å². The number of aromatic nitrogens is 2. The normalized spacial score (nSPS) is 13.6. The number of rotatable bonds is 5. The molecule has 0 amide bonds. The third kappa shape index (κ3) is 5.32. The van der Waals surface area contributed by atoms with Gasteiger partial charge < -0.3 is 9.15 Å². The highest BCUT2D eigenvalue weighted by atomic mass is 16.5. The molecule has 288 valence electrons. The Bertz CT molecular complexity index is 3370.